The van der Waals surface area contributed by atoms with Crippen molar-refractivity contribution in [1.82, 2.24) is 15.5 Å². The summed E-state index contributed by atoms with van der Waals surface area (Å²) in [4.78, 5) is 14.4. The number of carbonyl (C=O) groups excluding carboxylic acids is 1. The summed E-state index contributed by atoms with van der Waals surface area (Å²) in [5, 5.41) is 6.27. The van der Waals surface area contributed by atoms with Gasteiger partial charge < -0.3 is 24.8 Å². The third-order valence-electron chi connectivity index (χ3n) is 4.20. The summed E-state index contributed by atoms with van der Waals surface area (Å²) >= 11 is 0. The van der Waals surface area contributed by atoms with E-state index in [0.29, 0.717) is 36.4 Å². The van der Waals surface area contributed by atoms with Crippen LogP contribution >= 0.6 is 12.4 Å². The van der Waals surface area contributed by atoms with Gasteiger partial charge in [0.1, 0.15) is 0 Å². The first-order valence-electron chi connectivity index (χ1n) is 8.09. The Morgan fingerprint density at radius 1 is 1.24 bits per heavy atom. The van der Waals surface area contributed by atoms with Crippen molar-refractivity contribution >= 4 is 18.3 Å². The van der Waals surface area contributed by atoms with Crippen molar-refractivity contribution in [3.8, 4) is 17.2 Å². The Kier molecular flexibility index (Phi) is 8.82. The SMILES string of the molecule is COc1cc(CNC(=O)CN2CCNC[C@H]2C)cc(OC)c1OC.Cl. The minimum atomic E-state index is 0. The smallest absolute Gasteiger partial charge is 0.234 e. The van der Waals surface area contributed by atoms with Crippen molar-refractivity contribution in [3.63, 3.8) is 0 Å². The molecule has 1 atom stereocenters. The molecule has 0 aromatic heterocycles. The van der Waals surface area contributed by atoms with Gasteiger partial charge in [0.2, 0.25) is 11.7 Å². The topological polar surface area (TPSA) is 72.1 Å². The average molecular weight is 374 g/mol. The van der Waals surface area contributed by atoms with Crippen molar-refractivity contribution in [2.75, 3.05) is 47.5 Å². The largest absolute Gasteiger partial charge is 0.493 e. The summed E-state index contributed by atoms with van der Waals surface area (Å²) in [5.74, 6) is 1.72. The number of rotatable bonds is 7. The van der Waals surface area contributed by atoms with Crippen LogP contribution in [0.4, 0.5) is 0 Å². The molecule has 0 spiro atoms. The van der Waals surface area contributed by atoms with Crippen LogP contribution < -0.4 is 24.8 Å². The number of benzene rings is 1. The highest BCUT2D eigenvalue weighted by Gasteiger charge is 2.20. The van der Waals surface area contributed by atoms with Crippen molar-refractivity contribution in [1.29, 1.82) is 0 Å². The quantitative estimate of drug-likeness (QED) is 0.744. The van der Waals surface area contributed by atoms with Gasteiger partial charge in [0.15, 0.2) is 11.5 Å². The first-order valence-corrected chi connectivity index (χ1v) is 8.09. The third kappa shape index (κ3) is 5.66. The number of piperazine rings is 1. The standard InChI is InChI=1S/C17H27N3O4.ClH/c1-12-9-18-5-6-20(12)11-16(21)19-10-13-7-14(22-2)17(24-4)15(8-13)23-3;/h7-8,12,18H,5-6,9-11H2,1-4H3,(H,19,21);1H/t12-;/m1./s1. The average Bonchev–Trinajstić information content (AvgIpc) is 2.60. The first kappa shape index (κ1) is 21.3. The summed E-state index contributed by atoms with van der Waals surface area (Å²) in [7, 11) is 4.72. The summed E-state index contributed by atoms with van der Waals surface area (Å²) in [6, 6.07) is 4.05. The third-order valence-corrected chi connectivity index (χ3v) is 4.20. The monoisotopic (exact) mass is 373 g/mol. The van der Waals surface area contributed by atoms with Crippen molar-refractivity contribution in [3.05, 3.63) is 17.7 Å². The molecule has 1 heterocycles. The Labute approximate surface area is 155 Å². The number of nitrogens with zero attached hydrogens (tertiary/aromatic N) is 1. The number of hydrogen-bond acceptors (Lipinski definition) is 6. The van der Waals surface area contributed by atoms with Gasteiger partial charge in [-0.25, -0.2) is 0 Å². The van der Waals surface area contributed by atoms with E-state index in [4.69, 9.17) is 14.2 Å². The summed E-state index contributed by atoms with van der Waals surface area (Å²) in [6.45, 7) is 5.67. The van der Waals surface area contributed by atoms with E-state index in [0.717, 1.165) is 25.2 Å². The Balaban J connectivity index is 0.00000312. The van der Waals surface area contributed by atoms with Gasteiger partial charge in [-0.05, 0) is 24.6 Å². The van der Waals surface area contributed by atoms with Crippen LogP contribution in [0.15, 0.2) is 12.1 Å². The Morgan fingerprint density at radius 3 is 2.40 bits per heavy atom. The minimum Gasteiger partial charge on any atom is -0.493 e. The van der Waals surface area contributed by atoms with Gasteiger partial charge in [0.05, 0.1) is 27.9 Å². The lowest BCUT2D eigenvalue weighted by molar-refractivity contribution is -0.123. The molecule has 1 saturated heterocycles. The normalized spacial score (nSPS) is 17.4. The molecule has 1 fully saturated rings. The van der Waals surface area contributed by atoms with Gasteiger partial charge in [-0.1, -0.05) is 0 Å². The molecule has 1 aromatic rings. The van der Waals surface area contributed by atoms with E-state index in [1.54, 1.807) is 21.3 Å². The van der Waals surface area contributed by atoms with Crippen LogP contribution in [0.25, 0.3) is 0 Å². The van der Waals surface area contributed by atoms with Gasteiger partial charge in [-0.3, -0.25) is 9.69 Å². The molecule has 0 aliphatic carbocycles. The second kappa shape index (κ2) is 10.3. The van der Waals surface area contributed by atoms with E-state index in [1.807, 2.05) is 12.1 Å². The molecule has 0 saturated carbocycles. The van der Waals surface area contributed by atoms with Crippen LogP contribution in [0.1, 0.15) is 12.5 Å². The second-order valence-electron chi connectivity index (χ2n) is 5.83. The fourth-order valence-electron chi connectivity index (χ4n) is 2.80. The van der Waals surface area contributed by atoms with Gasteiger partial charge >= 0.3 is 0 Å². The van der Waals surface area contributed by atoms with Crippen molar-refractivity contribution in [2.45, 2.75) is 19.5 Å². The molecule has 7 nitrogen and oxygen atoms in total. The lowest BCUT2D eigenvalue weighted by atomic mass is 10.1. The highest BCUT2D eigenvalue weighted by atomic mass is 35.5. The molecule has 1 aliphatic heterocycles. The number of amides is 1. The molecule has 2 N–H and O–H groups in total. The van der Waals surface area contributed by atoms with Gasteiger partial charge in [-0.15, -0.1) is 12.4 Å². The van der Waals surface area contributed by atoms with Crippen LogP contribution in [0.2, 0.25) is 0 Å². The predicted molar refractivity (Wildman–Crippen MR) is 99.1 cm³/mol. The van der Waals surface area contributed by atoms with Crippen LogP contribution in [-0.2, 0) is 11.3 Å². The van der Waals surface area contributed by atoms with Crippen LogP contribution in [0.3, 0.4) is 0 Å². The zero-order valence-electron chi connectivity index (χ0n) is 15.3. The van der Waals surface area contributed by atoms with E-state index in [2.05, 4.69) is 22.5 Å². The Hall–Kier alpha value is -1.70. The second-order valence-corrected chi connectivity index (χ2v) is 5.83. The minimum absolute atomic E-state index is 0. The maximum absolute atomic E-state index is 12.2. The van der Waals surface area contributed by atoms with E-state index < -0.39 is 0 Å². The number of halogens is 1. The summed E-state index contributed by atoms with van der Waals surface area (Å²) < 4.78 is 16.0. The van der Waals surface area contributed by atoms with Crippen LogP contribution in [0.5, 0.6) is 17.2 Å². The number of methoxy groups -OCH3 is 3. The number of carbonyl (C=O) groups is 1. The van der Waals surface area contributed by atoms with E-state index >= 15 is 0 Å². The number of nitrogens with one attached hydrogen (secondary N) is 2. The Morgan fingerprint density at radius 2 is 1.88 bits per heavy atom. The molecule has 0 radical (unpaired) electrons. The highest BCUT2D eigenvalue weighted by Crippen LogP contribution is 2.38. The fraction of sp³-hybridized carbons (Fsp3) is 0.588. The van der Waals surface area contributed by atoms with Crippen LogP contribution in [-0.4, -0.2) is 64.4 Å². The number of hydrogen-bond donors (Lipinski definition) is 2. The molecule has 0 bridgehead atoms. The molecule has 1 aliphatic rings. The van der Waals surface area contributed by atoms with E-state index in [-0.39, 0.29) is 18.3 Å². The number of ether oxygens (including phenoxy) is 3. The van der Waals surface area contributed by atoms with E-state index in [1.165, 1.54) is 0 Å². The molecular formula is C17H28ClN3O4. The first-order chi connectivity index (χ1) is 11.6. The summed E-state index contributed by atoms with van der Waals surface area (Å²) in [6.07, 6.45) is 0. The maximum Gasteiger partial charge on any atom is 0.234 e. The maximum atomic E-state index is 12.2. The molecule has 0 unspecified atom stereocenters. The van der Waals surface area contributed by atoms with Gasteiger partial charge in [-0.2, -0.15) is 0 Å². The lowest BCUT2D eigenvalue weighted by Crippen LogP contribution is -2.52. The zero-order valence-corrected chi connectivity index (χ0v) is 16.1. The van der Waals surface area contributed by atoms with E-state index in [9.17, 15) is 4.79 Å². The highest BCUT2D eigenvalue weighted by molar-refractivity contribution is 5.85. The summed E-state index contributed by atoms with van der Waals surface area (Å²) in [5.41, 5.74) is 0.895. The van der Waals surface area contributed by atoms with Crippen molar-refractivity contribution in [2.24, 2.45) is 0 Å². The fourth-order valence-corrected chi connectivity index (χ4v) is 2.80. The van der Waals surface area contributed by atoms with Crippen LogP contribution in [0, 0.1) is 0 Å². The molecule has 1 amide bonds. The zero-order chi connectivity index (χ0) is 17.5. The van der Waals surface area contributed by atoms with Gasteiger partial charge in [0, 0.05) is 32.2 Å². The molecule has 1 aromatic carbocycles. The molecular weight excluding hydrogens is 346 g/mol. The molecule has 8 heteroatoms. The molecule has 2 rings (SSSR count). The Bertz CT molecular complexity index is 546. The molecule has 25 heavy (non-hydrogen) atoms. The van der Waals surface area contributed by atoms with Gasteiger partial charge in [0.25, 0.3) is 0 Å². The lowest BCUT2D eigenvalue weighted by Gasteiger charge is -2.33. The van der Waals surface area contributed by atoms with Crippen molar-refractivity contribution < 1.29 is 19.0 Å². The predicted octanol–water partition coefficient (Wildman–Crippen LogP) is 1.04. The molecule has 142 valence electrons.